The Morgan fingerprint density at radius 2 is 1.79 bits per heavy atom. The second-order valence-electron chi connectivity index (χ2n) is 8.63. The minimum atomic E-state index is -1.14. The van der Waals surface area contributed by atoms with Gasteiger partial charge in [0.25, 0.3) is 11.8 Å². The molecule has 4 aliphatic rings. The highest BCUT2D eigenvalue weighted by atomic mass is 33.1. The number of piperazine rings is 1. The molecule has 34 heavy (non-hydrogen) atoms. The average Bonchev–Trinajstić information content (AvgIpc) is 3.33. The first-order chi connectivity index (χ1) is 16.5. The van der Waals surface area contributed by atoms with Crippen molar-refractivity contribution in [1.82, 2.24) is 9.80 Å². The molecule has 6 rings (SSSR count). The summed E-state index contributed by atoms with van der Waals surface area (Å²) in [6.07, 6.45) is 1.48. The number of nitrogens with zero attached hydrogens (tertiary/aromatic N) is 3. The molecule has 2 aromatic carbocycles. The summed E-state index contributed by atoms with van der Waals surface area (Å²) in [6, 6.07) is 17.3. The third kappa shape index (κ3) is 3.35. The van der Waals surface area contributed by atoms with Gasteiger partial charge >= 0.3 is 0 Å². The summed E-state index contributed by atoms with van der Waals surface area (Å²) in [4.78, 5) is 29.5. The average molecular weight is 496 g/mol. The molecule has 1 unspecified atom stereocenters. The lowest BCUT2D eigenvalue weighted by Crippen LogP contribution is -2.77. The van der Waals surface area contributed by atoms with Crippen LogP contribution in [0.5, 0.6) is 11.5 Å². The minimum Gasteiger partial charge on any atom is -0.454 e. The van der Waals surface area contributed by atoms with Crippen LogP contribution in [0.2, 0.25) is 0 Å². The Morgan fingerprint density at radius 1 is 1.06 bits per heavy atom. The van der Waals surface area contributed by atoms with Crippen molar-refractivity contribution in [3.05, 3.63) is 59.7 Å². The Morgan fingerprint density at radius 3 is 2.53 bits per heavy atom. The van der Waals surface area contributed by atoms with Crippen LogP contribution in [0.15, 0.2) is 48.5 Å². The van der Waals surface area contributed by atoms with Gasteiger partial charge in [0.2, 0.25) is 6.79 Å². The van der Waals surface area contributed by atoms with Gasteiger partial charge in [0.15, 0.2) is 21.2 Å². The molecule has 4 heterocycles. The smallest absolute Gasteiger partial charge is 0.262 e. The van der Waals surface area contributed by atoms with Gasteiger partial charge in [-0.2, -0.15) is 5.26 Å². The molecular formula is C25H25N3O4S2. The van der Waals surface area contributed by atoms with E-state index in [9.17, 15) is 14.9 Å². The summed E-state index contributed by atoms with van der Waals surface area (Å²) >= 11 is 0. The number of fused-ring (bicyclic) bond motifs is 4. The number of benzene rings is 2. The summed E-state index contributed by atoms with van der Waals surface area (Å²) in [7, 11) is 4.60. The first-order valence-corrected chi connectivity index (χ1v) is 13.4. The SMILES string of the molecule is CC[C@H](c1ccc2c(c1)OCO2)N1C(=O)[C@@]2(Cc3ccccc3)SSC1(CCC#N)C(=O)N2C. The Kier molecular flexibility index (Phi) is 5.90. The van der Waals surface area contributed by atoms with E-state index in [1.807, 2.05) is 55.5 Å². The first kappa shape index (κ1) is 22.9. The monoisotopic (exact) mass is 495 g/mol. The molecule has 3 saturated heterocycles. The third-order valence-electron chi connectivity index (χ3n) is 6.78. The fourth-order valence-electron chi connectivity index (χ4n) is 5.00. The zero-order chi connectivity index (χ0) is 23.9. The molecule has 2 amide bonds. The van der Waals surface area contributed by atoms with Crippen molar-refractivity contribution in [2.45, 2.75) is 48.4 Å². The molecule has 2 bridgehead atoms. The lowest BCUT2D eigenvalue weighted by molar-refractivity contribution is -0.169. The maximum absolute atomic E-state index is 14.4. The van der Waals surface area contributed by atoms with E-state index in [0.717, 1.165) is 11.1 Å². The van der Waals surface area contributed by atoms with E-state index in [4.69, 9.17) is 9.47 Å². The van der Waals surface area contributed by atoms with Crippen LogP contribution in [0.25, 0.3) is 0 Å². The molecule has 0 aliphatic carbocycles. The summed E-state index contributed by atoms with van der Waals surface area (Å²) in [5, 5.41) is 9.36. The number of ether oxygens (including phenoxy) is 2. The van der Waals surface area contributed by atoms with E-state index >= 15 is 0 Å². The Balaban J connectivity index is 1.61. The highest BCUT2D eigenvalue weighted by Gasteiger charge is 2.69. The van der Waals surface area contributed by atoms with Crippen molar-refractivity contribution < 1.29 is 19.1 Å². The molecular weight excluding hydrogens is 470 g/mol. The number of amides is 2. The lowest BCUT2D eigenvalue weighted by atomic mass is 9.90. The van der Waals surface area contributed by atoms with Crippen LogP contribution in [0, 0.1) is 11.3 Å². The second-order valence-corrected chi connectivity index (χ2v) is 11.3. The van der Waals surface area contributed by atoms with Gasteiger partial charge in [0.05, 0.1) is 12.1 Å². The summed E-state index contributed by atoms with van der Waals surface area (Å²) in [5.74, 6) is 1.09. The topological polar surface area (TPSA) is 82.9 Å². The Hall–Kier alpha value is -2.83. The fourth-order valence-corrected chi connectivity index (χ4v) is 8.81. The summed E-state index contributed by atoms with van der Waals surface area (Å²) in [5.41, 5.74) is 1.88. The summed E-state index contributed by atoms with van der Waals surface area (Å²) in [6.45, 7) is 2.18. The van der Waals surface area contributed by atoms with Crippen LogP contribution in [0.4, 0.5) is 0 Å². The predicted molar refractivity (Wildman–Crippen MR) is 131 cm³/mol. The van der Waals surface area contributed by atoms with Crippen LogP contribution >= 0.6 is 21.6 Å². The van der Waals surface area contributed by atoms with Gasteiger partial charge in [-0.25, -0.2) is 0 Å². The number of likely N-dealkylation sites (N-methyl/N-ethyl adjacent to an activating group) is 1. The zero-order valence-corrected chi connectivity index (χ0v) is 20.7. The highest BCUT2D eigenvalue weighted by Crippen LogP contribution is 2.63. The van der Waals surface area contributed by atoms with Crippen molar-refractivity contribution in [3.63, 3.8) is 0 Å². The van der Waals surface area contributed by atoms with Crippen molar-refractivity contribution >= 4 is 33.4 Å². The molecule has 3 atom stereocenters. The Bertz CT molecular complexity index is 1170. The maximum Gasteiger partial charge on any atom is 0.262 e. The highest BCUT2D eigenvalue weighted by molar-refractivity contribution is 8.78. The van der Waals surface area contributed by atoms with Crippen molar-refractivity contribution in [1.29, 1.82) is 5.26 Å². The Labute approximate surface area is 206 Å². The molecule has 9 heteroatoms. The largest absolute Gasteiger partial charge is 0.454 e. The van der Waals surface area contributed by atoms with Crippen LogP contribution in [-0.2, 0) is 16.0 Å². The quantitative estimate of drug-likeness (QED) is 0.523. The number of carbonyl (C=O) groups excluding carboxylic acids is 2. The number of hydrogen-bond acceptors (Lipinski definition) is 7. The molecule has 3 fully saturated rings. The van der Waals surface area contributed by atoms with Gasteiger partial charge in [0, 0.05) is 26.3 Å². The van der Waals surface area contributed by atoms with Crippen LogP contribution < -0.4 is 9.47 Å². The first-order valence-electron chi connectivity index (χ1n) is 11.3. The molecule has 4 aliphatic heterocycles. The van der Waals surface area contributed by atoms with Crippen molar-refractivity contribution in [2.24, 2.45) is 0 Å². The summed E-state index contributed by atoms with van der Waals surface area (Å²) < 4.78 is 11.0. The second kappa shape index (κ2) is 8.75. The van der Waals surface area contributed by atoms with E-state index in [1.165, 1.54) is 21.6 Å². The van der Waals surface area contributed by atoms with E-state index < -0.39 is 9.74 Å². The van der Waals surface area contributed by atoms with E-state index in [-0.39, 0.29) is 37.5 Å². The number of nitriles is 1. The maximum atomic E-state index is 14.4. The normalized spacial score (nSPS) is 26.0. The van der Waals surface area contributed by atoms with Gasteiger partial charge in [0.1, 0.15) is 0 Å². The fraction of sp³-hybridized carbons (Fsp3) is 0.400. The standard InChI is InChI=1S/C25H25N3O4S2/c1-3-19(18-10-11-20-21(14-18)32-16-31-20)28-23(30)25(15-17-8-5-4-6-9-17)27(2)22(29)24(28,33-34-25)12-7-13-26/h4-6,8-11,14,19H,3,7,12,15-16H2,1-2H3/t19-,24?,25-/m1/s1. The molecule has 176 valence electrons. The number of rotatable bonds is 7. The number of carbonyl (C=O) groups is 2. The molecule has 7 nitrogen and oxygen atoms in total. The van der Waals surface area contributed by atoms with Crippen molar-refractivity contribution in [3.8, 4) is 17.6 Å². The van der Waals surface area contributed by atoms with Crippen LogP contribution in [-0.4, -0.2) is 45.2 Å². The third-order valence-corrected chi connectivity index (χ3v) is 10.5. The van der Waals surface area contributed by atoms with Crippen LogP contribution in [0.3, 0.4) is 0 Å². The van der Waals surface area contributed by atoms with Crippen LogP contribution in [0.1, 0.15) is 43.4 Å². The molecule has 0 N–H and O–H groups in total. The van der Waals surface area contributed by atoms with E-state index in [0.29, 0.717) is 24.3 Å². The molecule has 0 saturated carbocycles. The zero-order valence-electron chi connectivity index (χ0n) is 19.0. The van der Waals surface area contributed by atoms with Gasteiger partial charge in [-0.05, 0) is 29.7 Å². The molecule has 0 spiro atoms. The van der Waals surface area contributed by atoms with Gasteiger partial charge in [-0.1, -0.05) is 64.9 Å². The number of hydrogen-bond donors (Lipinski definition) is 0. The van der Waals surface area contributed by atoms with Gasteiger partial charge < -0.3 is 19.3 Å². The molecule has 0 aromatic heterocycles. The van der Waals surface area contributed by atoms with E-state index in [1.54, 1.807) is 16.8 Å². The lowest BCUT2D eigenvalue weighted by Gasteiger charge is -2.61. The predicted octanol–water partition coefficient (Wildman–Crippen LogP) is 4.50. The molecule has 0 radical (unpaired) electrons. The minimum absolute atomic E-state index is 0.0929. The molecule has 2 aromatic rings. The van der Waals surface area contributed by atoms with E-state index in [2.05, 4.69) is 6.07 Å². The van der Waals surface area contributed by atoms with Gasteiger partial charge in [-0.15, -0.1) is 0 Å². The van der Waals surface area contributed by atoms with Gasteiger partial charge in [-0.3, -0.25) is 9.59 Å². The van der Waals surface area contributed by atoms with Crippen molar-refractivity contribution in [2.75, 3.05) is 13.8 Å².